The first kappa shape index (κ1) is 12.5. The lowest BCUT2D eigenvalue weighted by molar-refractivity contribution is 0.215. The van der Waals surface area contributed by atoms with Gasteiger partial charge in [0.15, 0.2) is 0 Å². The highest BCUT2D eigenvalue weighted by Gasteiger charge is 2.15. The number of halogens is 2. The molecule has 2 aromatic carbocycles. The summed E-state index contributed by atoms with van der Waals surface area (Å²) in [7, 11) is 0. The molecule has 0 heterocycles. The lowest BCUT2D eigenvalue weighted by Crippen LogP contribution is -2.03. The van der Waals surface area contributed by atoms with Gasteiger partial charge in [-0.2, -0.15) is 0 Å². The van der Waals surface area contributed by atoms with Crippen molar-refractivity contribution in [1.29, 1.82) is 0 Å². The highest BCUT2D eigenvalue weighted by atomic mass is 127. The summed E-state index contributed by atoms with van der Waals surface area (Å²) in [4.78, 5) is 0. The van der Waals surface area contributed by atoms with E-state index in [1.165, 1.54) is 6.07 Å². The topological polar surface area (TPSA) is 20.2 Å². The first-order chi connectivity index (χ1) is 8.08. The van der Waals surface area contributed by atoms with Crippen molar-refractivity contribution < 1.29 is 9.50 Å². The van der Waals surface area contributed by atoms with E-state index in [9.17, 15) is 9.50 Å². The molecule has 1 N–H and O–H groups in total. The average Bonchev–Trinajstić information content (AvgIpc) is 2.31. The number of hydrogen-bond donors (Lipinski definition) is 1. The van der Waals surface area contributed by atoms with E-state index < -0.39 is 6.10 Å². The van der Waals surface area contributed by atoms with Crippen LogP contribution in [-0.4, -0.2) is 5.11 Å². The SMILES string of the molecule is Cc1ccc(F)c(C(O)c2cccc(I)c2)c1. The molecule has 0 saturated carbocycles. The van der Waals surface area contributed by atoms with Gasteiger partial charge in [-0.1, -0.05) is 29.8 Å². The lowest BCUT2D eigenvalue weighted by Gasteiger charge is -2.13. The maximum atomic E-state index is 13.6. The van der Waals surface area contributed by atoms with Crippen molar-refractivity contribution in [3.8, 4) is 0 Å². The van der Waals surface area contributed by atoms with Gasteiger partial charge in [0.2, 0.25) is 0 Å². The molecular weight excluding hydrogens is 330 g/mol. The van der Waals surface area contributed by atoms with Crippen molar-refractivity contribution in [2.45, 2.75) is 13.0 Å². The molecule has 3 heteroatoms. The normalized spacial score (nSPS) is 12.5. The first-order valence-electron chi connectivity index (χ1n) is 5.27. The molecule has 0 aliphatic heterocycles. The van der Waals surface area contributed by atoms with Gasteiger partial charge in [0.25, 0.3) is 0 Å². The Balaban J connectivity index is 2.43. The van der Waals surface area contributed by atoms with Crippen LogP contribution in [0.5, 0.6) is 0 Å². The van der Waals surface area contributed by atoms with Crippen molar-refractivity contribution in [1.82, 2.24) is 0 Å². The van der Waals surface area contributed by atoms with E-state index in [2.05, 4.69) is 22.6 Å². The predicted octanol–water partition coefficient (Wildman–Crippen LogP) is 3.82. The molecule has 1 atom stereocenters. The fourth-order valence-corrected chi connectivity index (χ4v) is 2.30. The monoisotopic (exact) mass is 342 g/mol. The van der Waals surface area contributed by atoms with Crippen LogP contribution in [0.15, 0.2) is 42.5 Å². The quantitative estimate of drug-likeness (QED) is 0.823. The van der Waals surface area contributed by atoms with Crippen LogP contribution < -0.4 is 0 Å². The molecule has 0 spiro atoms. The first-order valence-corrected chi connectivity index (χ1v) is 6.35. The van der Waals surface area contributed by atoms with E-state index in [-0.39, 0.29) is 5.82 Å². The minimum atomic E-state index is -0.912. The van der Waals surface area contributed by atoms with Gasteiger partial charge in [-0.05, 0) is 53.3 Å². The molecule has 0 aromatic heterocycles. The van der Waals surface area contributed by atoms with Crippen molar-refractivity contribution in [2.24, 2.45) is 0 Å². The van der Waals surface area contributed by atoms with Gasteiger partial charge in [0, 0.05) is 9.13 Å². The summed E-state index contributed by atoms with van der Waals surface area (Å²) < 4.78 is 14.7. The third-order valence-electron chi connectivity index (χ3n) is 2.61. The lowest BCUT2D eigenvalue weighted by atomic mass is 9.99. The van der Waals surface area contributed by atoms with Gasteiger partial charge >= 0.3 is 0 Å². The van der Waals surface area contributed by atoms with Crippen LogP contribution in [0.1, 0.15) is 22.8 Å². The van der Waals surface area contributed by atoms with E-state index in [1.807, 2.05) is 25.1 Å². The molecule has 0 fully saturated rings. The van der Waals surface area contributed by atoms with Crippen LogP contribution in [0.4, 0.5) is 4.39 Å². The Bertz CT molecular complexity index is 539. The fraction of sp³-hybridized carbons (Fsp3) is 0.143. The summed E-state index contributed by atoms with van der Waals surface area (Å²) in [5, 5.41) is 10.2. The van der Waals surface area contributed by atoms with E-state index in [4.69, 9.17) is 0 Å². The highest BCUT2D eigenvalue weighted by Crippen LogP contribution is 2.26. The van der Waals surface area contributed by atoms with E-state index in [1.54, 1.807) is 18.2 Å². The van der Waals surface area contributed by atoms with Crippen molar-refractivity contribution in [3.05, 3.63) is 68.5 Å². The zero-order chi connectivity index (χ0) is 12.4. The number of benzene rings is 2. The zero-order valence-electron chi connectivity index (χ0n) is 9.32. The second kappa shape index (κ2) is 5.14. The second-order valence-electron chi connectivity index (χ2n) is 3.98. The Morgan fingerprint density at radius 1 is 1.18 bits per heavy atom. The Morgan fingerprint density at radius 2 is 1.94 bits per heavy atom. The maximum absolute atomic E-state index is 13.6. The Kier molecular flexibility index (Phi) is 3.79. The zero-order valence-corrected chi connectivity index (χ0v) is 11.5. The van der Waals surface area contributed by atoms with E-state index >= 15 is 0 Å². The highest BCUT2D eigenvalue weighted by molar-refractivity contribution is 14.1. The Labute approximate surface area is 113 Å². The Morgan fingerprint density at radius 3 is 2.65 bits per heavy atom. The summed E-state index contributed by atoms with van der Waals surface area (Å²) in [5.41, 5.74) is 1.97. The van der Waals surface area contributed by atoms with E-state index in [0.717, 1.165) is 9.13 Å². The molecule has 2 aromatic rings. The average molecular weight is 342 g/mol. The van der Waals surface area contributed by atoms with Crippen LogP contribution in [0.3, 0.4) is 0 Å². The number of aliphatic hydroxyl groups excluding tert-OH is 1. The fourth-order valence-electron chi connectivity index (χ4n) is 1.73. The van der Waals surface area contributed by atoms with Crippen LogP contribution >= 0.6 is 22.6 Å². The van der Waals surface area contributed by atoms with Crippen molar-refractivity contribution in [2.75, 3.05) is 0 Å². The van der Waals surface area contributed by atoms with Crippen LogP contribution in [0, 0.1) is 16.3 Å². The molecule has 17 heavy (non-hydrogen) atoms. The standard InChI is InChI=1S/C14H12FIO/c1-9-5-6-13(15)12(7-9)14(17)10-3-2-4-11(16)8-10/h2-8,14,17H,1H3. The van der Waals surface area contributed by atoms with Crippen LogP contribution in [0.25, 0.3) is 0 Å². The molecule has 0 bridgehead atoms. The predicted molar refractivity (Wildman–Crippen MR) is 74.4 cm³/mol. The summed E-state index contributed by atoms with van der Waals surface area (Å²) >= 11 is 2.17. The number of rotatable bonds is 2. The second-order valence-corrected chi connectivity index (χ2v) is 5.23. The van der Waals surface area contributed by atoms with Crippen molar-refractivity contribution >= 4 is 22.6 Å². The summed E-state index contributed by atoms with van der Waals surface area (Å²) in [5.74, 6) is -0.373. The van der Waals surface area contributed by atoms with Gasteiger partial charge in [0.1, 0.15) is 11.9 Å². The number of aryl methyl sites for hydroxylation is 1. The molecule has 1 nitrogen and oxygen atoms in total. The summed E-state index contributed by atoms with van der Waals surface area (Å²) in [6, 6.07) is 12.2. The Hall–Kier alpha value is -0.940. The molecule has 0 saturated heterocycles. The van der Waals surface area contributed by atoms with Gasteiger partial charge in [-0.3, -0.25) is 0 Å². The summed E-state index contributed by atoms with van der Waals surface area (Å²) in [6.07, 6.45) is -0.912. The van der Waals surface area contributed by atoms with Crippen LogP contribution in [-0.2, 0) is 0 Å². The van der Waals surface area contributed by atoms with Gasteiger partial charge < -0.3 is 5.11 Å². The minimum Gasteiger partial charge on any atom is -0.384 e. The minimum absolute atomic E-state index is 0.326. The number of hydrogen-bond acceptors (Lipinski definition) is 1. The molecule has 88 valence electrons. The molecule has 0 aliphatic carbocycles. The molecular formula is C14H12FIO. The largest absolute Gasteiger partial charge is 0.384 e. The molecule has 1 unspecified atom stereocenters. The number of aliphatic hydroxyl groups is 1. The molecule has 0 aliphatic rings. The van der Waals surface area contributed by atoms with Gasteiger partial charge in [-0.15, -0.1) is 0 Å². The molecule has 2 rings (SSSR count). The van der Waals surface area contributed by atoms with Crippen LogP contribution in [0.2, 0.25) is 0 Å². The smallest absolute Gasteiger partial charge is 0.129 e. The van der Waals surface area contributed by atoms with Gasteiger partial charge in [-0.25, -0.2) is 4.39 Å². The van der Waals surface area contributed by atoms with Gasteiger partial charge in [0.05, 0.1) is 0 Å². The summed E-state index contributed by atoms with van der Waals surface area (Å²) in [6.45, 7) is 1.88. The van der Waals surface area contributed by atoms with Crippen molar-refractivity contribution in [3.63, 3.8) is 0 Å². The molecule has 0 amide bonds. The molecule has 0 radical (unpaired) electrons. The third kappa shape index (κ3) is 2.84. The maximum Gasteiger partial charge on any atom is 0.129 e. The van der Waals surface area contributed by atoms with E-state index in [0.29, 0.717) is 11.1 Å². The third-order valence-corrected chi connectivity index (χ3v) is 3.28.